The van der Waals surface area contributed by atoms with Gasteiger partial charge in [0, 0.05) is 0 Å². The molecule has 0 spiro atoms. The third-order valence-corrected chi connectivity index (χ3v) is 7.80. The molecule has 40 heavy (non-hydrogen) atoms. The summed E-state index contributed by atoms with van der Waals surface area (Å²) < 4.78 is 12.8. The third-order valence-electron chi connectivity index (χ3n) is 6.80. The quantitative estimate of drug-likeness (QED) is 0.394. The number of fused-ring (bicyclic) bond motifs is 1. The Morgan fingerprint density at radius 2 is 1.88 bits per heavy atom. The van der Waals surface area contributed by atoms with E-state index in [1.54, 1.807) is 33.1 Å². The number of hydrogen-bond acceptors (Lipinski definition) is 8. The number of anilines is 1. The van der Waals surface area contributed by atoms with Crippen molar-refractivity contribution in [1.82, 2.24) is 4.57 Å². The predicted octanol–water partition coefficient (Wildman–Crippen LogP) is 3.58. The van der Waals surface area contributed by atoms with E-state index in [0.717, 1.165) is 6.42 Å². The Morgan fingerprint density at radius 1 is 1.10 bits per heavy atom. The maximum atomic E-state index is 14.0. The number of aromatic nitrogens is 1. The number of rotatable bonds is 8. The molecule has 206 valence electrons. The molecule has 0 saturated carbocycles. The maximum Gasteiger partial charge on any atom is 0.338 e. The summed E-state index contributed by atoms with van der Waals surface area (Å²) in [6.45, 7) is 5.72. The molecule has 3 aromatic rings. The minimum atomic E-state index is -0.760. The fraction of sp³-hybridized carbons (Fsp3) is 0.300. The Bertz CT molecular complexity index is 1700. The van der Waals surface area contributed by atoms with Gasteiger partial charge < -0.3 is 9.47 Å². The van der Waals surface area contributed by atoms with Gasteiger partial charge in [0.2, 0.25) is 0 Å². The third kappa shape index (κ3) is 4.90. The monoisotopic (exact) mass is 558 g/mol. The van der Waals surface area contributed by atoms with E-state index in [1.807, 2.05) is 55.5 Å². The van der Waals surface area contributed by atoms with Gasteiger partial charge in [0.15, 0.2) is 4.80 Å². The molecule has 0 saturated heterocycles. The van der Waals surface area contributed by atoms with E-state index in [2.05, 4.69) is 5.10 Å². The van der Waals surface area contributed by atoms with Crippen LogP contribution in [0.25, 0.3) is 6.08 Å². The lowest BCUT2D eigenvalue weighted by atomic mass is 9.94. The minimum absolute atomic E-state index is 0.192. The summed E-state index contributed by atoms with van der Waals surface area (Å²) >= 11 is 1.20. The zero-order valence-corrected chi connectivity index (χ0v) is 23.6. The number of amides is 1. The number of hydrogen-bond donors (Lipinski definition) is 0. The van der Waals surface area contributed by atoms with Crippen LogP contribution in [0.2, 0.25) is 0 Å². The zero-order valence-electron chi connectivity index (χ0n) is 22.8. The van der Waals surface area contributed by atoms with Gasteiger partial charge in [-0.1, -0.05) is 55.0 Å². The maximum absolute atomic E-state index is 14.0. The van der Waals surface area contributed by atoms with Crippen LogP contribution in [0, 0.1) is 5.92 Å². The number of carbonyl (C=O) groups excluding carboxylic acids is 2. The molecule has 0 N–H and O–H groups in total. The second-order valence-corrected chi connectivity index (χ2v) is 10.4. The molecule has 2 aliphatic rings. The summed E-state index contributed by atoms with van der Waals surface area (Å²) in [5.41, 5.74) is 2.53. The number of esters is 1. The molecular weight excluding hydrogens is 528 g/mol. The molecule has 2 aromatic carbocycles. The number of para-hydroxylation sites is 1. The Balaban J connectivity index is 1.67. The molecule has 0 fully saturated rings. The van der Waals surface area contributed by atoms with Crippen molar-refractivity contribution in [3.8, 4) is 5.75 Å². The van der Waals surface area contributed by atoms with Crippen molar-refractivity contribution in [1.29, 1.82) is 0 Å². The number of thiazole rings is 1. The number of allylic oxidation sites excluding steroid dienone is 1. The largest absolute Gasteiger partial charge is 0.497 e. The fourth-order valence-electron chi connectivity index (χ4n) is 4.94. The molecule has 0 bridgehead atoms. The fourth-order valence-corrected chi connectivity index (χ4v) is 5.97. The molecular formula is C30H30N4O5S. The SMILES string of the molecule is CCCC1=C(C(=O)OCC)[C@@H](c2cccc(OC)c2)n2c(s/c(=C/[C@H]3C(=O)N(c4ccccc4)N=C3C)c2=O)=N1. The molecule has 1 aromatic heterocycles. The summed E-state index contributed by atoms with van der Waals surface area (Å²) in [5.74, 6) is -0.847. The van der Waals surface area contributed by atoms with E-state index >= 15 is 0 Å². The molecule has 0 unspecified atom stereocenters. The van der Waals surface area contributed by atoms with Crippen molar-refractivity contribution in [3.05, 3.63) is 91.1 Å². The van der Waals surface area contributed by atoms with Gasteiger partial charge in [0.1, 0.15) is 11.7 Å². The van der Waals surface area contributed by atoms with Crippen LogP contribution in [0.5, 0.6) is 5.75 Å². The van der Waals surface area contributed by atoms with Crippen molar-refractivity contribution in [3.63, 3.8) is 0 Å². The van der Waals surface area contributed by atoms with Crippen molar-refractivity contribution < 1.29 is 19.1 Å². The Morgan fingerprint density at radius 3 is 2.58 bits per heavy atom. The first-order valence-electron chi connectivity index (χ1n) is 13.2. The Hall–Kier alpha value is -4.31. The number of nitrogens with zero attached hydrogens (tertiary/aromatic N) is 4. The van der Waals surface area contributed by atoms with E-state index in [0.29, 0.717) is 49.7 Å². The van der Waals surface area contributed by atoms with Crippen LogP contribution in [0.3, 0.4) is 0 Å². The van der Waals surface area contributed by atoms with Crippen molar-refractivity contribution >= 4 is 40.7 Å². The lowest BCUT2D eigenvalue weighted by Gasteiger charge is -2.26. The second-order valence-electron chi connectivity index (χ2n) is 9.42. The molecule has 2 atom stereocenters. The van der Waals surface area contributed by atoms with Crippen LogP contribution in [-0.4, -0.2) is 35.9 Å². The van der Waals surface area contributed by atoms with Crippen LogP contribution < -0.4 is 24.6 Å². The molecule has 3 heterocycles. The highest BCUT2D eigenvalue weighted by Crippen LogP contribution is 2.34. The number of methoxy groups -OCH3 is 1. The van der Waals surface area contributed by atoms with Gasteiger partial charge in [0.25, 0.3) is 11.5 Å². The number of ether oxygens (including phenoxy) is 2. The molecule has 0 aliphatic carbocycles. The van der Waals surface area contributed by atoms with Crippen molar-refractivity contribution in [2.45, 2.75) is 39.7 Å². The average Bonchev–Trinajstić information content (AvgIpc) is 3.43. The standard InChI is InChI=1S/C30H30N4O5S/c1-5-11-23-25(29(37)39-6-2)26(19-12-10-15-21(16-19)38-4)33-28(36)24(40-30(33)31-23)17-22-18(3)32-34(27(22)35)20-13-8-7-9-14-20/h7-10,12-17,22,26H,5-6,11H2,1-4H3/b24-17+/t22-,26-/m1/s1. The van der Waals surface area contributed by atoms with E-state index in [4.69, 9.17) is 14.5 Å². The first-order valence-corrected chi connectivity index (χ1v) is 14.0. The first kappa shape index (κ1) is 27.3. The van der Waals surface area contributed by atoms with Crippen LogP contribution in [0.1, 0.15) is 45.2 Å². The van der Waals surface area contributed by atoms with Gasteiger partial charge in [-0.2, -0.15) is 10.1 Å². The predicted molar refractivity (Wildman–Crippen MR) is 154 cm³/mol. The van der Waals surface area contributed by atoms with E-state index < -0.39 is 17.9 Å². The van der Waals surface area contributed by atoms with Gasteiger partial charge in [-0.15, -0.1) is 0 Å². The molecule has 0 radical (unpaired) electrons. The highest BCUT2D eigenvalue weighted by atomic mass is 32.1. The van der Waals surface area contributed by atoms with Crippen LogP contribution in [0.4, 0.5) is 5.69 Å². The van der Waals surface area contributed by atoms with Crippen LogP contribution in [0.15, 0.2) is 80.8 Å². The molecule has 5 rings (SSSR count). The molecule has 9 nitrogen and oxygen atoms in total. The highest BCUT2D eigenvalue weighted by molar-refractivity contribution is 7.07. The minimum Gasteiger partial charge on any atom is -0.497 e. The molecule has 10 heteroatoms. The smallest absolute Gasteiger partial charge is 0.338 e. The number of hydrazone groups is 1. The second kappa shape index (κ2) is 11.4. The first-order chi connectivity index (χ1) is 19.4. The van der Waals surface area contributed by atoms with Gasteiger partial charge in [-0.3, -0.25) is 14.2 Å². The van der Waals surface area contributed by atoms with Gasteiger partial charge in [-0.25, -0.2) is 9.79 Å². The van der Waals surface area contributed by atoms with Crippen molar-refractivity contribution in [2.24, 2.45) is 16.0 Å². The highest BCUT2D eigenvalue weighted by Gasteiger charge is 2.36. The van der Waals surface area contributed by atoms with Crippen LogP contribution in [-0.2, 0) is 14.3 Å². The summed E-state index contributed by atoms with van der Waals surface area (Å²) in [4.78, 5) is 45.9. The summed E-state index contributed by atoms with van der Waals surface area (Å²) in [6, 6.07) is 15.7. The molecule has 2 aliphatic heterocycles. The Labute approximate surface area is 235 Å². The normalized spacial score (nSPS) is 18.9. The van der Waals surface area contributed by atoms with Gasteiger partial charge in [0.05, 0.1) is 47.0 Å². The zero-order chi connectivity index (χ0) is 28.4. The topological polar surface area (TPSA) is 103 Å². The average molecular weight is 559 g/mol. The number of benzene rings is 2. The van der Waals surface area contributed by atoms with E-state index in [-0.39, 0.29) is 18.1 Å². The van der Waals surface area contributed by atoms with Crippen LogP contribution >= 0.6 is 11.3 Å². The Kier molecular flexibility index (Phi) is 7.79. The van der Waals surface area contributed by atoms with Gasteiger partial charge in [-0.05, 0) is 56.2 Å². The lowest BCUT2D eigenvalue weighted by Crippen LogP contribution is -2.40. The lowest BCUT2D eigenvalue weighted by molar-refractivity contribution is -0.139. The summed E-state index contributed by atoms with van der Waals surface area (Å²) in [7, 11) is 1.57. The van der Waals surface area contributed by atoms with E-state index in [1.165, 1.54) is 20.9 Å². The van der Waals surface area contributed by atoms with Crippen molar-refractivity contribution in [2.75, 3.05) is 18.7 Å². The summed E-state index contributed by atoms with van der Waals surface area (Å²) in [6.07, 6.45) is 2.95. The molecule has 1 amide bonds. The van der Waals surface area contributed by atoms with E-state index in [9.17, 15) is 14.4 Å². The summed E-state index contributed by atoms with van der Waals surface area (Å²) in [5, 5.41) is 5.83. The number of carbonyl (C=O) groups is 2. The van der Waals surface area contributed by atoms with Gasteiger partial charge >= 0.3 is 5.97 Å².